The lowest BCUT2D eigenvalue weighted by Crippen LogP contribution is -2.61. The number of hydrogen-bond donors (Lipinski definition) is 1. The topological polar surface area (TPSA) is 74.7 Å². The van der Waals surface area contributed by atoms with Crippen LogP contribution in [-0.2, 0) is 14.8 Å². The van der Waals surface area contributed by atoms with Gasteiger partial charge in [-0.1, -0.05) is 59.2 Å². The lowest BCUT2D eigenvalue weighted by molar-refractivity contribution is -0.197. The highest BCUT2D eigenvalue weighted by atomic mass is 32.2. The maximum atomic E-state index is 13.1. The van der Waals surface area contributed by atoms with Crippen LogP contribution in [0.3, 0.4) is 0 Å². The molecule has 1 aromatic carbocycles. The van der Waals surface area contributed by atoms with Gasteiger partial charge in [0.2, 0.25) is 5.91 Å². The first-order valence-electron chi connectivity index (χ1n) is 16.0. The number of benzene rings is 1. The Bertz CT molecular complexity index is 1190. The maximum Gasteiger partial charge on any atom is 0.266 e. The van der Waals surface area contributed by atoms with Gasteiger partial charge in [0.1, 0.15) is 0 Å². The van der Waals surface area contributed by atoms with E-state index in [9.17, 15) is 18.3 Å². The van der Waals surface area contributed by atoms with E-state index in [-0.39, 0.29) is 28.7 Å². The Kier molecular flexibility index (Phi) is 8.05. The van der Waals surface area contributed by atoms with Crippen LogP contribution in [0.25, 0.3) is 0 Å². The average Bonchev–Trinajstić information content (AvgIpc) is 3.30. The Labute approximate surface area is 243 Å². The van der Waals surface area contributed by atoms with Gasteiger partial charge in [0, 0.05) is 13.5 Å². The standard InChI is InChI=1S/C34H53NO4S/c1-7-24-22-34(5)29-15-14-27(32(29,3)20-18-30(34)33(4)19-17-25(36)21-28(24)33)23(2)13-16-31(37)35(6)40(38,39)26-11-9-8-10-12-26/h8-12,23-25,27-30,36H,7,13-22H2,1-6H3/t23-,24+,25-,27-,28+,29-,30-,32-,33+,34+/m1/s1. The molecule has 0 bridgehead atoms. The smallest absolute Gasteiger partial charge is 0.266 e. The number of aliphatic hydroxyl groups is 1. The molecule has 1 aromatic rings. The van der Waals surface area contributed by atoms with E-state index in [4.69, 9.17) is 0 Å². The molecule has 0 aromatic heterocycles. The number of hydrogen-bond acceptors (Lipinski definition) is 4. The van der Waals surface area contributed by atoms with E-state index in [1.54, 1.807) is 30.3 Å². The summed E-state index contributed by atoms with van der Waals surface area (Å²) in [4.78, 5) is 13.2. The Balaban J connectivity index is 1.29. The van der Waals surface area contributed by atoms with Crippen molar-refractivity contribution in [3.63, 3.8) is 0 Å². The molecule has 1 amide bonds. The van der Waals surface area contributed by atoms with E-state index in [0.29, 0.717) is 40.4 Å². The van der Waals surface area contributed by atoms with Crippen molar-refractivity contribution in [2.45, 2.75) is 116 Å². The summed E-state index contributed by atoms with van der Waals surface area (Å²) in [5, 5.41) is 10.6. The van der Waals surface area contributed by atoms with Crippen LogP contribution < -0.4 is 0 Å². The third kappa shape index (κ3) is 4.68. The molecule has 5 rings (SSSR count). The maximum absolute atomic E-state index is 13.1. The third-order valence-corrected chi connectivity index (χ3v) is 15.0. The van der Waals surface area contributed by atoms with E-state index in [0.717, 1.165) is 29.5 Å². The van der Waals surface area contributed by atoms with Gasteiger partial charge in [0.25, 0.3) is 10.0 Å². The molecule has 5 nitrogen and oxygen atoms in total. The molecule has 4 aliphatic rings. The van der Waals surface area contributed by atoms with Gasteiger partial charge in [-0.05, 0) is 122 Å². The fraction of sp³-hybridized carbons (Fsp3) is 0.794. The summed E-state index contributed by atoms with van der Waals surface area (Å²) >= 11 is 0. The van der Waals surface area contributed by atoms with Crippen molar-refractivity contribution >= 4 is 15.9 Å². The van der Waals surface area contributed by atoms with Gasteiger partial charge in [-0.25, -0.2) is 12.7 Å². The fourth-order valence-electron chi connectivity index (χ4n) is 11.3. The Morgan fingerprint density at radius 2 is 1.65 bits per heavy atom. The van der Waals surface area contributed by atoms with Gasteiger partial charge in [0.15, 0.2) is 0 Å². The van der Waals surface area contributed by atoms with Gasteiger partial charge in [0.05, 0.1) is 11.0 Å². The number of rotatable bonds is 7. The van der Waals surface area contributed by atoms with E-state index >= 15 is 0 Å². The SMILES string of the molecule is CC[C@H]1C[C@@]2(C)[C@@H]3CC[C@H]([C@H](C)CCC(=O)N(C)S(=O)(=O)c4ccccc4)[C@@]3(C)CC[C@@H]2[C@@]2(C)CC[C@@H](O)C[C@@H]12. The Morgan fingerprint density at radius 3 is 2.33 bits per heavy atom. The molecule has 0 aliphatic heterocycles. The number of aliphatic hydroxyl groups excluding tert-OH is 1. The Morgan fingerprint density at radius 1 is 1.00 bits per heavy atom. The zero-order chi connectivity index (χ0) is 29.1. The molecular formula is C34H53NO4S. The monoisotopic (exact) mass is 571 g/mol. The second-order valence-electron chi connectivity index (χ2n) is 14.9. The molecule has 0 heterocycles. The molecule has 1 N–H and O–H groups in total. The number of carbonyl (C=O) groups is 1. The van der Waals surface area contributed by atoms with Crippen molar-refractivity contribution in [3.8, 4) is 0 Å². The van der Waals surface area contributed by atoms with Crippen molar-refractivity contribution in [2.24, 2.45) is 51.8 Å². The first kappa shape index (κ1) is 30.1. The van der Waals surface area contributed by atoms with Crippen LogP contribution in [0, 0.1) is 51.8 Å². The minimum Gasteiger partial charge on any atom is -0.393 e. The summed E-state index contributed by atoms with van der Waals surface area (Å²) in [6.07, 6.45) is 11.5. The van der Waals surface area contributed by atoms with E-state index in [2.05, 4.69) is 34.6 Å². The van der Waals surface area contributed by atoms with Crippen molar-refractivity contribution in [3.05, 3.63) is 30.3 Å². The second kappa shape index (κ2) is 10.7. The van der Waals surface area contributed by atoms with Crippen LogP contribution in [0.15, 0.2) is 35.2 Å². The zero-order valence-corrected chi connectivity index (χ0v) is 26.6. The summed E-state index contributed by atoms with van der Waals surface area (Å²) in [6.45, 7) is 12.4. The summed E-state index contributed by atoms with van der Waals surface area (Å²) in [5.41, 5.74) is 0.931. The van der Waals surface area contributed by atoms with Crippen LogP contribution >= 0.6 is 0 Å². The number of nitrogens with zero attached hydrogens (tertiary/aromatic N) is 1. The highest BCUT2D eigenvalue weighted by Gasteiger charge is 2.66. The van der Waals surface area contributed by atoms with Crippen LogP contribution in [0.5, 0.6) is 0 Å². The van der Waals surface area contributed by atoms with E-state index in [1.807, 2.05) is 0 Å². The molecule has 0 unspecified atom stereocenters. The van der Waals surface area contributed by atoms with Crippen LogP contribution in [-0.4, -0.2) is 36.9 Å². The minimum atomic E-state index is -3.82. The van der Waals surface area contributed by atoms with Gasteiger partial charge in [-0.2, -0.15) is 0 Å². The first-order valence-corrected chi connectivity index (χ1v) is 17.5. The second-order valence-corrected chi connectivity index (χ2v) is 16.9. The molecular weight excluding hydrogens is 518 g/mol. The highest BCUT2D eigenvalue weighted by Crippen LogP contribution is 2.74. The molecule has 0 radical (unpaired) electrons. The van der Waals surface area contributed by atoms with Crippen LogP contribution in [0.1, 0.15) is 105 Å². The van der Waals surface area contributed by atoms with Crippen molar-refractivity contribution in [1.82, 2.24) is 4.31 Å². The molecule has 4 aliphatic carbocycles. The summed E-state index contributed by atoms with van der Waals surface area (Å²) in [7, 11) is -2.42. The summed E-state index contributed by atoms with van der Waals surface area (Å²) in [5.74, 6) is 3.40. The molecule has 0 spiro atoms. The predicted octanol–water partition coefficient (Wildman–Crippen LogP) is 7.30. The summed E-state index contributed by atoms with van der Waals surface area (Å²) < 4.78 is 26.9. The molecule has 6 heteroatoms. The molecule has 224 valence electrons. The third-order valence-electron chi connectivity index (χ3n) is 13.2. The lowest BCUT2D eigenvalue weighted by atomic mass is 9.37. The fourth-order valence-corrected chi connectivity index (χ4v) is 12.5. The minimum absolute atomic E-state index is 0.119. The highest BCUT2D eigenvalue weighted by molar-refractivity contribution is 7.89. The number of carbonyl (C=O) groups excluding carboxylic acids is 1. The van der Waals surface area contributed by atoms with Crippen molar-refractivity contribution in [1.29, 1.82) is 0 Å². The van der Waals surface area contributed by atoms with Gasteiger partial charge >= 0.3 is 0 Å². The normalized spacial score (nSPS) is 41.9. The molecule has 10 atom stereocenters. The van der Waals surface area contributed by atoms with E-state index in [1.165, 1.54) is 52.0 Å². The number of sulfonamides is 1. The largest absolute Gasteiger partial charge is 0.393 e. The zero-order valence-electron chi connectivity index (χ0n) is 25.7. The van der Waals surface area contributed by atoms with Crippen molar-refractivity contribution < 1.29 is 18.3 Å². The van der Waals surface area contributed by atoms with Gasteiger partial charge in [-0.15, -0.1) is 0 Å². The predicted molar refractivity (Wildman–Crippen MR) is 160 cm³/mol. The quantitative estimate of drug-likeness (QED) is 0.373. The van der Waals surface area contributed by atoms with Gasteiger partial charge < -0.3 is 5.11 Å². The molecule has 40 heavy (non-hydrogen) atoms. The first-order chi connectivity index (χ1) is 18.8. The molecule has 0 saturated heterocycles. The average molecular weight is 572 g/mol. The van der Waals surface area contributed by atoms with Crippen LogP contribution in [0.4, 0.5) is 0 Å². The Hall–Kier alpha value is -1.40. The molecule has 4 saturated carbocycles. The summed E-state index contributed by atoms with van der Waals surface area (Å²) in [6, 6.07) is 8.24. The number of amides is 1. The van der Waals surface area contributed by atoms with E-state index < -0.39 is 10.0 Å². The molecule has 4 fully saturated rings. The van der Waals surface area contributed by atoms with Crippen LogP contribution in [0.2, 0.25) is 0 Å². The van der Waals surface area contributed by atoms with Gasteiger partial charge in [-0.3, -0.25) is 4.79 Å². The van der Waals surface area contributed by atoms with Crippen molar-refractivity contribution in [2.75, 3.05) is 7.05 Å². The number of fused-ring (bicyclic) bond motifs is 5. The lowest BCUT2D eigenvalue weighted by Gasteiger charge is -2.68.